The summed E-state index contributed by atoms with van der Waals surface area (Å²) in [5.74, 6) is 1.61. The standard InChI is InChI=1S/C12H13N3S/c1-9-10(13)4-2-5-11(9)16-8-12-14-6-3-7-15-12/h2-7H,8,13H2,1H3. The Kier molecular flexibility index (Phi) is 3.41. The fourth-order valence-corrected chi connectivity index (χ4v) is 2.28. The highest BCUT2D eigenvalue weighted by molar-refractivity contribution is 7.98. The predicted molar refractivity (Wildman–Crippen MR) is 67.2 cm³/mol. The zero-order valence-electron chi connectivity index (χ0n) is 9.05. The smallest absolute Gasteiger partial charge is 0.138 e. The van der Waals surface area contributed by atoms with Gasteiger partial charge in [-0.3, -0.25) is 0 Å². The van der Waals surface area contributed by atoms with Crippen LogP contribution in [0.2, 0.25) is 0 Å². The van der Waals surface area contributed by atoms with Gasteiger partial charge in [-0.05, 0) is 30.7 Å². The van der Waals surface area contributed by atoms with E-state index in [0.29, 0.717) is 0 Å². The maximum Gasteiger partial charge on any atom is 0.138 e. The minimum atomic E-state index is 0.769. The Bertz CT molecular complexity index is 471. The first-order valence-electron chi connectivity index (χ1n) is 5.01. The number of aromatic nitrogens is 2. The largest absolute Gasteiger partial charge is 0.398 e. The molecule has 0 unspecified atom stereocenters. The van der Waals surface area contributed by atoms with E-state index in [1.54, 1.807) is 24.2 Å². The van der Waals surface area contributed by atoms with Crippen LogP contribution >= 0.6 is 11.8 Å². The molecule has 82 valence electrons. The van der Waals surface area contributed by atoms with Crippen LogP contribution < -0.4 is 5.73 Å². The summed E-state index contributed by atoms with van der Waals surface area (Å²) >= 11 is 1.71. The van der Waals surface area contributed by atoms with Crippen LogP contribution in [0, 0.1) is 6.92 Å². The van der Waals surface area contributed by atoms with Crippen LogP contribution in [0.4, 0.5) is 5.69 Å². The first-order chi connectivity index (χ1) is 7.77. The van der Waals surface area contributed by atoms with Crippen molar-refractivity contribution in [2.24, 2.45) is 0 Å². The molecule has 0 saturated carbocycles. The molecule has 0 aliphatic rings. The van der Waals surface area contributed by atoms with Gasteiger partial charge in [0.25, 0.3) is 0 Å². The molecule has 0 saturated heterocycles. The van der Waals surface area contributed by atoms with Crippen LogP contribution in [0.15, 0.2) is 41.6 Å². The summed E-state index contributed by atoms with van der Waals surface area (Å²) in [4.78, 5) is 9.55. The van der Waals surface area contributed by atoms with E-state index in [9.17, 15) is 0 Å². The molecule has 0 aliphatic heterocycles. The molecule has 0 spiro atoms. The van der Waals surface area contributed by atoms with E-state index in [-0.39, 0.29) is 0 Å². The van der Waals surface area contributed by atoms with Crippen molar-refractivity contribution in [2.75, 3.05) is 5.73 Å². The summed E-state index contributed by atoms with van der Waals surface area (Å²) in [6.07, 6.45) is 3.52. The van der Waals surface area contributed by atoms with Crippen LogP contribution in [0.25, 0.3) is 0 Å². The van der Waals surface area contributed by atoms with Crippen molar-refractivity contribution in [1.29, 1.82) is 0 Å². The lowest BCUT2D eigenvalue weighted by atomic mass is 10.2. The summed E-state index contributed by atoms with van der Waals surface area (Å²) in [6.45, 7) is 2.03. The van der Waals surface area contributed by atoms with Crippen LogP contribution in [-0.4, -0.2) is 9.97 Å². The van der Waals surface area contributed by atoms with Gasteiger partial charge in [0, 0.05) is 23.0 Å². The van der Waals surface area contributed by atoms with E-state index in [1.807, 2.05) is 25.1 Å². The first-order valence-corrected chi connectivity index (χ1v) is 5.99. The normalized spacial score (nSPS) is 10.3. The van der Waals surface area contributed by atoms with E-state index in [2.05, 4.69) is 16.0 Å². The van der Waals surface area contributed by atoms with Gasteiger partial charge in [-0.25, -0.2) is 9.97 Å². The zero-order valence-corrected chi connectivity index (χ0v) is 9.87. The van der Waals surface area contributed by atoms with Crippen molar-refractivity contribution in [3.05, 3.63) is 48.0 Å². The Morgan fingerprint density at radius 1 is 1.19 bits per heavy atom. The molecule has 2 aromatic rings. The third kappa shape index (κ3) is 2.52. The number of nitrogens with zero attached hydrogens (tertiary/aromatic N) is 2. The minimum absolute atomic E-state index is 0.769. The van der Waals surface area contributed by atoms with Crippen molar-refractivity contribution >= 4 is 17.4 Å². The Hall–Kier alpha value is -1.55. The molecule has 16 heavy (non-hydrogen) atoms. The molecule has 3 nitrogen and oxygen atoms in total. The van der Waals surface area contributed by atoms with Crippen LogP contribution in [-0.2, 0) is 5.75 Å². The predicted octanol–water partition coefficient (Wildman–Crippen LogP) is 2.66. The number of nitrogen functional groups attached to an aromatic ring is 1. The molecule has 0 atom stereocenters. The molecule has 0 bridgehead atoms. The molecule has 1 aromatic heterocycles. The van der Waals surface area contributed by atoms with Crippen molar-refractivity contribution < 1.29 is 0 Å². The summed E-state index contributed by atoms with van der Waals surface area (Å²) in [5.41, 5.74) is 7.81. The molecule has 2 N–H and O–H groups in total. The van der Waals surface area contributed by atoms with Gasteiger partial charge in [-0.1, -0.05) is 6.07 Å². The molecule has 0 radical (unpaired) electrons. The third-order valence-corrected chi connectivity index (χ3v) is 3.46. The topological polar surface area (TPSA) is 51.8 Å². The lowest BCUT2D eigenvalue weighted by Gasteiger charge is -2.06. The Labute approximate surface area is 99.1 Å². The molecule has 0 fully saturated rings. The monoisotopic (exact) mass is 231 g/mol. The molecular weight excluding hydrogens is 218 g/mol. The van der Waals surface area contributed by atoms with Crippen LogP contribution in [0.5, 0.6) is 0 Å². The molecule has 1 aromatic carbocycles. The summed E-state index contributed by atoms with van der Waals surface area (Å²) in [6, 6.07) is 7.77. The maximum atomic E-state index is 5.85. The fourth-order valence-electron chi connectivity index (χ4n) is 1.33. The molecule has 0 amide bonds. The van der Waals surface area contributed by atoms with Crippen molar-refractivity contribution in [3.63, 3.8) is 0 Å². The summed E-state index contributed by atoms with van der Waals surface area (Å²) in [5, 5.41) is 0. The van der Waals surface area contributed by atoms with E-state index in [0.717, 1.165) is 22.8 Å². The van der Waals surface area contributed by atoms with Gasteiger partial charge in [-0.2, -0.15) is 0 Å². The second-order valence-corrected chi connectivity index (χ2v) is 4.44. The Balaban J connectivity index is 2.08. The van der Waals surface area contributed by atoms with Crippen LogP contribution in [0.3, 0.4) is 0 Å². The highest BCUT2D eigenvalue weighted by Gasteiger charge is 2.03. The highest BCUT2D eigenvalue weighted by Crippen LogP contribution is 2.27. The average Bonchev–Trinajstić information content (AvgIpc) is 2.32. The van der Waals surface area contributed by atoms with Crippen molar-refractivity contribution in [2.45, 2.75) is 17.6 Å². The minimum Gasteiger partial charge on any atom is -0.398 e. The number of hydrogen-bond donors (Lipinski definition) is 1. The molecule has 4 heteroatoms. The van der Waals surface area contributed by atoms with Crippen molar-refractivity contribution in [1.82, 2.24) is 9.97 Å². The Morgan fingerprint density at radius 3 is 2.69 bits per heavy atom. The number of nitrogens with two attached hydrogens (primary N) is 1. The fraction of sp³-hybridized carbons (Fsp3) is 0.167. The van der Waals surface area contributed by atoms with Gasteiger partial charge in [0.05, 0.1) is 5.75 Å². The van der Waals surface area contributed by atoms with Gasteiger partial charge in [-0.15, -0.1) is 11.8 Å². The number of anilines is 1. The SMILES string of the molecule is Cc1c(N)cccc1SCc1ncccn1. The maximum absolute atomic E-state index is 5.85. The van der Waals surface area contributed by atoms with Crippen molar-refractivity contribution in [3.8, 4) is 0 Å². The van der Waals surface area contributed by atoms with Gasteiger partial charge in [0.15, 0.2) is 0 Å². The van der Waals surface area contributed by atoms with E-state index in [4.69, 9.17) is 5.73 Å². The first kappa shape index (κ1) is 11.0. The molecule has 1 heterocycles. The molecular formula is C12H13N3S. The van der Waals surface area contributed by atoms with E-state index < -0.39 is 0 Å². The Morgan fingerprint density at radius 2 is 1.94 bits per heavy atom. The molecule has 0 aliphatic carbocycles. The number of hydrogen-bond acceptors (Lipinski definition) is 4. The van der Waals surface area contributed by atoms with E-state index in [1.165, 1.54) is 4.90 Å². The summed E-state index contributed by atoms with van der Waals surface area (Å²) in [7, 11) is 0. The van der Waals surface area contributed by atoms with Gasteiger partial charge in [0.2, 0.25) is 0 Å². The number of benzene rings is 1. The average molecular weight is 231 g/mol. The second-order valence-electron chi connectivity index (χ2n) is 3.42. The second kappa shape index (κ2) is 4.99. The lowest BCUT2D eigenvalue weighted by Crippen LogP contribution is -1.93. The highest BCUT2D eigenvalue weighted by atomic mass is 32.2. The van der Waals surface area contributed by atoms with E-state index >= 15 is 0 Å². The summed E-state index contributed by atoms with van der Waals surface area (Å²) < 4.78 is 0. The third-order valence-electron chi connectivity index (χ3n) is 2.30. The number of thioether (sulfide) groups is 1. The number of rotatable bonds is 3. The van der Waals surface area contributed by atoms with Crippen LogP contribution in [0.1, 0.15) is 11.4 Å². The zero-order chi connectivity index (χ0) is 11.4. The van der Waals surface area contributed by atoms with Gasteiger partial charge >= 0.3 is 0 Å². The van der Waals surface area contributed by atoms with Gasteiger partial charge < -0.3 is 5.73 Å². The van der Waals surface area contributed by atoms with Gasteiger partial charge in [0.1, 0.15) is 5.82 Å². The quantitative estimate of drug-likeness (QED) is 0.651. The molecule has 2 rings (SSSR count). The lowest BCUT2D eigenvalue weighted by molar-refractivity contribution is 1.03.